The number of hydrogen-bond donors (Lipinski definition) is 2. The Morgan fingerprint density at radius 2 is 1.85 bits per heavy atom. The maximum absolute atomic E-state index is 14.1. The number of hydrogen-bond acceptors (Lipinski definition) is 8. The summed E-state index contributed by atoms with van der Waals surface area (Å²) < 4.78 is 39.2. The molecule has 0 spiro atoms. The summed E-state index contributed by atoms with van der Waals surface area (Å²) in [5.41, 5.74) is -1.41. The number of nitrogens with one attached hydrogen (secondary N) is 2. The second kappa shape index (κ2) is 12.2. The van der Waals surface area contributed by atoms with Crippen LogP contribution in [0.1, 0.15) is 72.1 Å². The van der Waals surface area contributed by atoms with Crippen molar-refractivity contribution in [2.45, 2.75) is 94.6 Å². The van der Waals surface area contributed by atoms with E-state index in [2.05, 4.69) is 28.9 Å². The minimum atomic E-state index is -3.91. The highest BCUT2D eigenvalue weighted by Crippen LogP contribution is 2.47. The third-order valence-corrected chi connectivity index (χ3v) is 12.4. The van der Waals surface area contributed by atoms with Crippen LogP contribution in [0.3, 0.4) is 0 Å². The maximum atomic E-state index is 14.1. The molecule has 6 rings (SSSR count). The van der Waals surface area contributed by atoms with Gasteiger partial charge in [-0.25, -0.2) is 13.4 Å². The molecule has 6 atom stereocenters. The lowest BCUT2D eigenvalue weighted by atomic mass is 9.91. The number of ether oxygens (including phenoxy) is 2. The molecule has 2 saturated carbocycles. The zero-order valence-electron chi connectivity index (χ0n) is 27.0. The van der Waals surface area contributed by atoms with Crippen molar-refractivity contribution in [2.75, 3.05) is 13.7 Å². The Morgan fingerprint density at radius 3 is 2.57 bits per heavy atom. The second-order valence-electron chi connectivity index (χ2n) is 14.0. The molecule has 2 aliphatic carbocycles. The van der Waals surface area contributed by atoms with Gasteiger partial charge >= 0.3 is 0 Å². The van der Waals surface area contributed by atoms with Crippen molar-refractivity contribution in [1.29, 1.82) is 0 Å². The highest BCUT2D eigenvalue weighted by Gasteiger charge is 2.63. The van der Waals surface area contributed by atoms with E-state index < -0.39 is 44.3 Å². The normalized spacial score (nSPS) is 31.8. The topological polar surface area (TPSA) is 144 Å². The van der Waals surface area contributed by atoms with Gasteiger partial charge < -0.3 is 19.7 Å². The number of pyridine rings is 1. The molecular weight excluding hydrogens is 608 g/mol. The van der Waals surface area contributed by atoms with Crippen molar-refractivity contribution in [3.63, 3.8) is 0 Å². The van der Waals surface area contributed by atoms with Crippen LogP contribution in [0, 0.1) is 17.8 Å². The predicted molar refractivity (Wildman–Crippen MR) is 172 cm³/mol. The van der Waals surface area contributed by atoms with Gasteiger partial charge in [0.25, 0.3) is 5.91 Å². The standard InChI is InChI=1S/C34H44N4O7S/c1-21-9-5-6-10-23-18-34(23,32(41)37-46(42,43)33(3)13-14-33)36-30(40)27-17-24(20-38(27)29(39)16-22(2)15-21)45-31-26-12-8-7-11-25(26)28(44-4)19-35-31/h6-8,10-12,19,21-24,27H,5,9,13-18,20H2,1-4H3,(H,36,40)(H,37,41)/b10-6-/t21-,22-,23-,24-,27+,34-/m1/s1. The Hall–Kier alpha value is -3.67. The SMILES string of the molecule is COc1cnc(O[C@@H]2C[C@H]3C(=O)N[C@]4(C(=O)NS(=O)(=O)C5(C)CC5)C[C@H]4/C=C\CC[C@@H](C)C[C@@H](C)CC(=O)N3C2)c2ccccc12. The molecule has 2 N–H and O–H groups in total. The molecule has 2 aliphatic heterocycles. The van der Waals surface area contributed by atoms with Gasteiger partial charge in [0.1, 0.15) is 23.4 Å². The van der Waals surface area contributed by atoms with Crippen LogP contribution in [0.2, 0.25) is 0 Å². The van der Waals surface area contributed by atoms with Crippen molar-refractivity contribution < 1.29 is 32.3 Å². The molecule has 3 fully saturated rings. The summed E-state index contributed by atoms with van der Waals surface area (Å²) in [6.07, 6.45) is 9.30. The number of allylic oxidation sites excluding steroid dienone is 1. The number of benzene rings is 1. The fourth-order valence-corrected chi connectivity index (χ4v) is 8.29. The minimum Gasteiger partial charge on any atom is -0.494 e. The van der Waals surface area contributed by atoms with Crippen molar-refractivity contribution >= 4 is 38.5 Å². The molecule has 46 heavy (non-hydrogen) atoms. The Kier molecular flexibility index (Phi) is 8.54. The summed E-state index contributed by atoms with van der Waals surface area (Å²) >= 11 is 0. The summed E-state index contributed by atoms with van der Waals surface area (Å²) in [6, 6.07) is 6.67. The van der Waals surface area contributed by atoms with E-state index in [1.807, 2.05) is 36.4 Å². The molecule has 11 nitrogen and oxygen atoms in total. The van der Waals surface area contributed by atoms with Gasteiger partial charge in [-0.3, -0.25) is 19.1 Å². The van der Waals surface area contributed by atoms with Crippen LogP contribution >= 0.6 is 0 Å². The summed E-state index contributed by atoms with van der Waals surface area (Å²) in [7, 11) is -2.34. The lowest BCUT2D eigenvalue weighted by Gasteiger charge is -2.28. The molecule has 1 aromatic heterocycles. The average molecular weight is 653 g/mol. The minimum absolute atomic E-state index is 0.118. The monoisotopic (exact) mass is 652 g/mol. The summed E-state index contributed by atoms with van der Waals surface area (Å²) in [6.45, 7) is 6.02. The first-order chi connectivity index (χ1) is 21.9. The highest BCUT2D eigenvalue weighted by atomic mass is 32.2. The number of carbonyl (C=O) groups is 3. The Morgan fingerprint density at radius 1 is 1.11 bits per heavy atom. The van der Waals surface area contributed by atoms with Crippen molar-refractivity contribution in [3.8, 4) is 11.6 Å². The van der Waals surface area contributed by atoms with Gasteiger partial charge in [-0.1, -0.05) is 44.2 Å². The molecule has 1 aromatic carbocycles. The van der Waals surface area contributed by atoms with Crippen LogP contribution in [-0.2, 0) is 24.4 Å². The Bertz CT molecular complexity index is 1670. The molecule has 0 unspecified atom stereocenters. The van der Waals surface area contributed by atoms with Crippen LogP contribution in [0.25, 0.3) is 10.8 Å². The maximum Gasteiger partial charge on any atom is 0.259 e. The number of carbonyl (C=O) groups excluding carboxylic acids is 3. The van der Waals surface area contributed by atoms with E-state index in [-0.39, 0.29) is 43.6 Å². The zero-order chi connectivity index (χ0) is 32.9. The summed E-state index contributed by atoms with van der Waals surface area (Å²) in [5.74, 6) is -0.250. The van der Waals surface area contributed by atoms with E-state index in [9.17, 15) is 22.8 Å². The van der Waals surface area contributed by atoms with Gasteiger partial charge in [0.05, 0.1) is 24.6 Å². The lowest BCUT2D eigenvalue weighted by Crippen LogP contribution is -2.57. The molecule has 3 amide bonds. The van der Waals surface area contributed by atoms with Crippen LogP contribution in [0.15, 0.2) is 42.6 Å². The molecule has 2 aromatic rings. The van der Waals surface area contributed by atoms with Crippen LogP contribution in [-0.4, -0.2) is 72.1 Å². The molecule has 1 saturated heterocycles. The van der Waals surface area contributed by atoms with E-state index in [0.29, 0.717) is 30.4 Å². The highest BCUT2D eigenvalue weighted by molar-refractivity contribution is 7.91. The number of methoxy groups -OCH3 is 1. The van der Waals surface area contributed by atoms with Crippen molar-refractivity contribution in [1.82, 2.24) is 19.9 Å². The van der Waals surface area contributed by atoms with Crippen LogP contribution < -0.4 is 19.5 Å². The summed E-state index contributed by atoms with van der Waals surface area (Å²) in [4.78, 5) is 47.6. The van der Waals surface area contributed by atoms with Crippen LogP contribution in [0.4, 0.5) is 0 Å². The van der Waals surface area contributed by atoms with Gasteiger partial charge in [0.15, 0.2) is 0 Å². The molecule has 4 aliphatic rings. The Labute approximate surface area is 270 Å². The van der Waals surface area contributed by atoms with Crippen molar-refractivity contribution in [3.05, 3.63) is 42.6 Å². The average Bonchev–Trinajstić information content (AvgIpc) is 3.89. The number of fused-ring (bicyclic) bond motifs is 3. The third kappa shape index (κ3) is 6.20. The number of sulfonamides is 1. The first kappa shape index (κ1) is 32.3. The second-order valence-corrected chi connectivity index (χ2v) is 16.2. The molecule has 3 heterocycles. The lowest BCUT2D eigenvalue weighted by molar-refractivity contribution is -0.140. The van der Waals surface area contributed by atoms with E-state index >= 15 is 0 Å². The van der Waals surface area contributed by atoms with E-state index in [1.54, 1.807) is 25.1 Å². The molecule has 12 heteroatoms. The molecule has 0 bridgehead atoms. The Balaban J connectivity index is 1.28. The first-order valence-corrected chi connectivity index (χ1v) is 17.8. The van der Waals surface area contributed by atoms with Gasteiger partial charge in [-0.2, -0.15) is 0 Å². The van der Waals surface area contributed by atoms with Gasteiger partial charge in [-0.05, 0) is 63.4 Å². The smallest absolute Gasteiger partial charge is 0.259 e. The number of aromatic nitrogens is 1. The fourth-order valence-electron chi connectivity index (χ4n) is 6.97. The number of amides is 3. The number of nitrogens with zero attached hydrogens (tertiary/aromatic N) is 2. The van der Waals surface area contributed by atoms with E-state index in [1.165, 1.54) is 0 Å². The third-order valence-electron chi connectivity index (χ3n) is 10.2. The molecule has 0 radical (unpaired) electrons. The predicted octanol–water partition coefficient (Wildman–Crippen LogP) is 3.87. The first-order valence-electron chi connectivity index (χ1n) is 16.3. The molecule has 248 valence electrons. The van der Waals surface area contributed by atoms with E-state index in [4.69, 9.17) is 9.47 Å². The van der Waals surface area contributed by atoms with Crippen molar-refractivity contribution in [2.24, 2.45) is 17.8 Å². The van der Waals surface area contributed by atoms with Gasteiger partial charge in [0, 0.05) is 29.5 Å². The number of rotatable bonds is 6. The quantitative estimate of drug-likeness (QED) is 0.448. The van der Waals surface area contributed by atoms with Gasteiger partial charge in [-0.15, -0.1) is 0 Å². The van der Waals surface area contributed by atoms with Crippen LogP contribution in [0.5, 0.6) is 11.6 Å². The van der Waals surface area contributed by atoms with Gasteiger partial charge in [0.2, 0.25) is 27.7 Å². The van der Waals surface area contributed by atoms with E-state index in [0.717, 1.165) is 30.0 Å². The zero-order valence-corrected chi connectivity index (χ0v) is 27.8. The summed E-state index contributed by atoms with van der Waals surface area (Å²) in [5, 5.41) is 4.50. The molecular formula is C34H44N4O7S. The largest absolute Gasteiger partial charge is 0.494 e. The fraction of sp³-hybridized carbons (Fsp3) is 0.588.